The highest BCUT2D eigenvalue weighted by Crippen LogP contribution is 2.33. The zero-order valence-electron chi connectivity index (χ0n) is 14.9. The number of ether oxygens (including phenoxy) is 2. The van der Waals surface area contributed by atoms with Crippen molar-refractivity contribution in [1.82, 2.24) is 0 Å². The first-order valence-electron chi connectivity index (χ1n) is 8.75. The van der Waals surface area contributed by atoms with Crippen LogP contribution in [0.15, 0.2) is 35.0 Å². The number of fused-ring (bicyclic) bond motifs is 1. The van der Waals surface area contributed by atoms with Gasteiger partial charge in [0.1, 0.15) is 6.61 Å². The van der Waals surface area contributed by atoms with E-state index in [9.17, 15) is 4.79 Å². The Balaban J connectivity index is 1.74. The van der Waals surface area contributed by atoms with Crippen molar-refractivity contribution in [3.8, 4) is 0 Å². The van der Waals surface area contributed by atoms with Crippen LogP contribution in [0.2, 0.25) is 0 Å². The molecule has 0 N–H and O–H groups in total. The van der Waals surface area contributed by atoms with Gasteiger partial charge >= 0.3 is 6.09 Å². The van der Waals surface area contributed by atoms with Crippen molar-refractivity contribution in [3.63, 3.8) is 0 Å². The molecule has 0 atom stereocenters. The number of carbonyl (C=O) groups is 1. The maximum atomic E-state index is 12.3. The molecule has 3 rings (SSSR count). The molecule has 0 aliphatic carbocycles. The molecule has 0 saturated carbocycles. The first-order valence-corrected chi connectivity index (χ1v) is 8.75. The number of benzene rings is 1. The lowest BCUT2D eigenvalue weighted by Crippen LogP contribution is -2.32. The number of hydrogen-bond donors (Lipinski definition) is 0. The second-order valence-corrected chi connectivity index (χ2v) is 6.08. The topological polar surface area (TPSA) is 54.4 Å². The monoisotopic (exact) mass is 343 g/mol. The molecule has 0 spiro atoms. The van der Waals surface area contributed by atoms with Gasteiger partial charge in [-0.05, 0) is 31.0 Å². The summed E-state index contributed by atoms with van der Waals surface area (Å²) < 4.78 is 10.2. The van der Waals surface area contributed by atoms with Crippen molar-refractivity contribution >= 4 is 23.7 Å². The van der Waals surface area contributed by atoms with Crippen LogP contribution in [-0.2, 0) is 15.9 Å². The van der Waals surface area contributed by atoms with Crippen molar-refractivity contribution in [1.29, 1.82) is 0 Å². The Morgan fingerprint density at radius 1 is 1.36 bits per heavy atom. The zero-order valence-corrected chi connectivity index (χ0v) is 14.9. The fraction of sp³-hybridized carbons (Fsp3) is 0.474. The highest BCUT2D eigenvalue weighted by atomic mass is 16.6. The van der Waals surface area contributed by atoms with Crippen molar-refractivity contribution in [2.75, 3.05) is 49.8 Å². The third-order valence-corrected chi connectivity index (χ3v) is 4.49. The van der Waals surface area contributed by atoms with E-state index >= 15 is 0 Å². The van der Waals surface area contributed by atoms with Crippen LogP contribution in [0.1, 0.15) is 18.9 Å². The molecule has 2 aliphatic rings. The molecular weight excluding hydrogens is 318 g/mol. The van der Waals surface area contributed by atoms with Crippen LogP contribution >= 0.6 is 0 Å². The number of aliphatic imine (C=N–C) groups is 1. The summed E-state index contributed by atoms with van der Waals surface area (Å²) in [6.07, 6.45) is 5.71. The number of hydrogen-bond acceptors (Lipinski definition) is 5. The number of nitrogens with zero attached hydrogens (tertiary/aromatic N) is 3. The molecule has 1 aromatic rings. The molecule has 25 heavy (non-hydrogen) atoms. The fourth-order valence-corrected chi connectivity index (χ4v) is 3.19. The molecule has 0 bridgehead atoms. The average Bonchev–Trinajstić information content (AvgIpc) is 3.26. The number of rotatable bonds is 7. The van der Waals surface area contributed by atoms with Crippen LogP contribution < -0.4 is 9.80 Å². The van der Waals surface area contributed by atoms with E-state index in [0.29, 0.717) is 13.2 Å². The zero-order chi connectivity index (χ0) is 17.6. The molecule has 0 aromatic heterocycles. The summed E-state index contributed by atoms with van der Waals surface area (Å²) in [5, 5.41) is 0. The summed E-state index contributed by atoms with van der Waals surface area (Å²) in [5.41, 5.74) is 4.47. The summed E-state index contributed by atoms with van der Waals surface area (Å²) in [7, 11) is 1.59. The van der Waals surface area contributed by atoms with Crippen LogP contribution in [0.25, 0.3) is 0 Å². The molecule has 0 radical (unpaired) electrons. The molecular formula is C19H25N3O3. The Morgan fingerprint density at radius 2 is 2.24 bits per heavy atom. The van der Waals surface area contributed by atoms with Crippen molar-refractivity contribution in [2.45, 2.75) is 19.8 Å². The molecule has 2 heterocycles. The summed E-state index contributed by atoms with van der Waals surface area (Å²) in [6.45, 7) is 4.96. The van der Waals surface area contributed by atoms with E-state index in [1.807, 2.05) is 19.2 Å². The second kappa shape index (κ2) is 8.16. The van der Waals surface area contributed by atoms with Gasteiger partial charge in [0.25, 0.3) is 0 Å². The Kier molecular flexibility index (Phi) is 5.71. The quantitative estimate of drug-likeness (QED) is 0.714. The van der Waals surface area contributed by atoms with Crippen molar-refractivity contribution < 1.29 is 14.3 Å². The van der Waals surface area contributed by atoms with Gasteiger partial charge < -0.3 is 14.4 Å². The summed E-state index contributed by atoms with van der Waals surface area (Å²) in [4.78, 5) is 20.7. The van der Waals surface area contributed by atoms with E-state index in [-0.39, 0.29) is 12.7 Å². The van der Waals surface area contributed by atoms with E-state index in [4.69, 9.17) is 9.47 Å². The van der Waals surface area contributed by atoms with Gasteiger partial charge in [-0.2, -0.15) is 0 Å². The normalized spacial score (nSPS) is 15.3. The molecule has 2 aliphatic heterocycles. The van der Waals surface area contributed by atoms with E-state index < -0.39 is 0 Å². The van der Waals surface area contributed by atoms with Crippen molar-refractivity contribution in [2.24, 2.45) is 4.99 Å². The van der Waals surface area contributed by atoms with Gasteiger partial charge in [0.15, 0.2) is 0 Å². The number of anilines is 2. The van der Waals surface area contributed by atoms with Gasteiger partial charge in [-0.3, -0.25) is 9.89 Å². The maximum absolute atomic E-state index is 12.3. The molecule has 6 nitrogen and oxygen atoms in total. The minimum atomic E-state index is -0.341. The van der Waals surface area contributed by atoms with Crippen LogP contribution in [0, 0.1) is 0 Å². The van der Waals surface area contributed by atoms with Gasteiger partial charge in [-0.1, -0.05) is 12.1 Å². The lowest BCUT2D eigenvalue weighted by Gasteiger charge is -2.24. The van der Waals surface area contributed by atoms with Crippen molar-refractivity contribution in [3.05, 3.63) is 35.5 Å². The summed E-state index contributed by atoms with van der Waals surface area (Å²) >= 11 is 0. The minimum Gasteiger partial charge on any atom is -0.447 e. The molecule has 0 fully saturated rings. The predicted molar refractivity (Wildman–Crippen MR) is 99.8 cm³/mol. The largest absolute Gasteiger partial charge is 0.447 e. The Labute approximate surface area is 148 Å². The Bertz CT molecular complexity index is 684. The van der Waals surface area contributed by atoms with E-state index in [1.165, 1.54) is 11.3 Å². The Hall–Kier alpha value is -2.34. The smallest absolute Gasteiger partial charge is 0.414 e. The molecule has 1 amide bonds. The van der Waals surface area contributed by atoms with Gasteiger partial charge in [0, 0.05) is 44.2 Å². The van der Waals surface area contributed by atoms with E-state index in [1.54, 1.807) is 12.0 Å². The highest BCUT2D eigenvalue weighted by Gasteiger charge is 2.23. The number of carbonyl (C=O) groups excluding carboxylic acids is 1. The van der Waals surface area contributed by atoms with Crippen LogP contribution in [0.5, 0.6) is 0 Å². The lowest BCUT2D eigenvalue weighted by atomic mass is 10.1. The van der Waals surface area contributed by atoms with E-state index in [2.05, 4.69) is 28.1 Å². The van der Waals surface area contributed by atoms with Gasteiger partial charge in [-0.15, -0.1) is 0 Å². The molecule has 6 heteroatoms. The fourth-order valence-electron chi connectivity index (χ4n) is 3.19. The van der Waals surface area contributed by atoms with Gasteiger partial charge in [0.05, 0.1) is 18.8 Å². The number of amides is 1. The third kappa shape index (κ3) is 4.02. The third-order valence-electron chi connectivity index (χ3n) is 4.49. The first kappa shape index (κ1) is 17.5. The summed E-state index contributed by atoms with van der Waals surface area (Å²) in [5.74, 6) is 0. The summed E-state index contributed by atoms with van der Waals surface area (Å²) in [6, 6.07) is 6.20. The standard InChI is InChI=1S/C19H25N3O3/c1-3-22(19(23)25-12-11-24-2)17-7-6-15-8-10-21(18(15)13-17)14-16-5-4-9-20-16/h5-7,9,13H,3-4,8,10-12,14H2,1-2H3. The minimum absolute atomic E-state index is 0.259. The van der Waals surface area contributed by atoms with Crippen LogP contribution in [0.4, 0.5) is 16.2 Å². The molecule has 1 aromatic carbocycles. The second-order valence-electron chi connectivity index (χ2n) is 6.08. The Morgan fingerprint density at radius 3 is 2.96 bits per heavy atom. The number of methoxy groups -OCH3 is 1. The van der Waals surface area contributed by atoms with Gasteiger partial charge in [-0.25, -0.2) is 4.79 Å². The van der Waals surface area contributed by atoms with E-state index in [0.717, 1.165) is 37.3 Å². The van der Waals surface area contributed by atoms with Crippen LogP contribution in [0.3, 0.4) is 0 Å². The molecule has 134 valence electrons. The average molecular weight is 343 g/mol. The molecule has 0 unspecified atom stereocenters. The molecule has 0 saturated heterocycles. The van der Waals surface area contributed by atoms with Crippen LogP contribution in [-0.4, -0.2) is 52.3 Å². The highest BCUT2D eigenvalue weighted by molar-refractivity contribution is 5.88. The number of allylic oxidation sites excluding steroid dienone is 1. The SMILES string of the molecule is CCN(C(=O)OCCOC)c1ccc2c(c1)N(CC1=CCC=N1)CC2. The predicted octanol–water partition coefficient (Wildman–Crippen LogP) is 3.02. The maximum Gasteiger partial charge on any atom is 0.414 e. The lowest BCUT2D eigenvalue weighted by molar-refractivity contribution is 0.103. The first-order chi connectivity index (χ1) is 12.2. The van der Waals surface area contributed by atoms with Gasteiger partial charge in [0.2, 0.25) is 0 Å².